The number of aromatic nitrogens is 1. The van der Waals surface area contributed by atoms with Crippen LogP contribution in [0.3, 0.4) is 0 Å². The van der Waals surface area contributed by atoms with Crippen LogP contribution in [0.2, 0.25) is 0 Å². The Labute approximate surface area is 156 Å². The van der Waals surface area contributed by atoms with Crippen molar-refractivity contribution in [3.63, 3.8) is 0 Å². The molecule has 0 spiro atoms. The Bertz CT molecular complexity index is 1120. The Balaban J connectivity index is 1.50. The second kappa shape index (κ2) is 7.17. The fourth-order valence-corrected chi connectivity index (χ4v) is 2.97. The number of carbonyl (C=O) groups is 2. The van der Waals surface area contributed by atoms with Gasteiger partial charge in [0.05, 0.1) is 11.3 Å². The highest BCUT2D eigenvalue weighted by Gasteiger charge is 2.13. The van der Waals surface area contributed by atoms with Crippen LogP contribution < -0.4 is 10.9 Å². The molecule has 0 bridgehead atoms. The molecule has 2 amide bonds. The molecule has 0 atom stereocenters. The van der Waals surface area contributed by atoms with Gasteiger partial charge in [-0.1, -0.05) is 42.5 Å². The van der Waals surface area contributed by atoms with Crippen LogP contribution in [0.1, 0.15) is 20.7 Å². The van der Waals surface area contributed by atoms with Crippen LogP contribution >= 0.6 is 0 Å². The van der Waals surface area contributed by atoms with Gasteiger partial charge in [0.1, 0.15) is 0 Å². The Morgan fingerprint density at radius 1 is 0.667 bits per heavy atom. The van der Waals surface area contributed by atoms with Crippen molar-refractivity contribution in [2.75, 3.05) is 0 Å². The lowest BCUT2D eigenvalue weighted by molar-refractivity contribution is 0.0846. The minimum absolute atomic E-state index is 0.368. The van der Waals surface area contributed by atoms with E-state index in [1.54, 1.807) is 24.3 Å². The number of para-hydroxylation sites is 1. The van der Waals surface area contributed by atoms with E-state index in [0.29, 0.717) is 11.1 Å². The third-order valence-electron chi connectivity index (χ3n) is 4.33. The van der Waals surface area contributed by atoms with Crippen molar-refractivity contribution in [1.82, 2.24) is 15.4 Å². The number of hydrogen-bond donors (Lipinski definition) is 2. The first-order chi connectivity index (χ1) is 13.2. The molecule has 27 heavy (non-hydrogen) atoms. The zero-order valence-electron chi connectivity index (χ0n) is 14.4. The molecule has 0 fully saturated rings. The van der Waals surface area contributed by atoms with E-state index in [1.165, 1.54) is 0 Å². The molecule has 0 saturated heterocycles. The van der Waals surface area contributed by atoms with Crippen LogP contribution in [0.4, 0.5) is 0 Å². The summed E-state index contributed by atoms with van der Waals surface area (Å²) in [6, 6.07) is 24.2. The first kappa shape index (κ1) is 16.6. The number of benzene rings is 3. The maximum atomic E-state index is 12.6. The number of rotatable bonds is 3. The summed E-state index contributed by atoms with van der Waals surface area (Å²) in [5.41, 5.74) is 6.66. The summed E-state index contributed by atoms with van der Waals surface area (Å²) in [6.45, 7) is 0. The van der Waals surface area contributed by atoms with Crippen molar-refractivity contribution < 1.29 is 9.59 Å². The fraction of sp³-hybridized carbons (Fsp3) is 0. The predicted octanol–water partition coefficient (Wildman–Crippen LogP) is 3.71. The molecule has 2 N–H and O–H groups in total. The second-order valence-corrected chi connectivity index (χ2v) is 6.08. The van der Waals surface area contributed by atoms with Gasteiger partial charge in [0.25, 0.3) is 11.8 Å². The molecular formula is C22H17N3O2. The van der Waals surface area contributed by atoms with E-state index in [0.717, 1.165) is 16.5 Å². The van der Waals surface area contributed by atoms with E-state index in [9.17, 15) is 9.59 Å². The van der Waals surface area contributed by atoms with E-state index >= 15 is 0 Å². The van der Waals surface area contributed by atoms with Gasteiger partial charge < -0.3 is 4.57 Å². The van der Waals surface area contributed by atoms with Gasteiger partial charge >= 0.3 is 0 Å². The predicted molar refractivity (Wildman–Crippen MR) is 105 cm³/mol. The summed E-state index contributed by atoms with van der Waals surface area (Å²) < 4.78 is 1.85. The van der Waals surface area contributed by atoms with Gasteiger partial charge in [-0.15, -0.1) is 0 Å². The molecule has 0 radical (unpaired) electrons. The third kappa shape index (κ3) is 3.43. The van der Waals surface area contributed by atoms with Crippen molar-refractivity contribution in [2.45, 2.75) is 0 Å². The highest BCUT2D eigenvalue weighted by molar-refractivity contribution is 6.02. The lowest BCUT2D eigenvalue weighted by Crippen LogP contribution is -2.41. The number of hydrogen-bond acceptors (Lipinski definition) is 2. The zero-order chi connectivity index (χ0) is 18.6. The standard InChI is InChI=1S/C22H17N3O2/c26-21(18-12-11-16-7-1-2-8-17(16)15-18)23-24-22(27)19-9-3-4-10-20(19)25-13-5-6-14-25/h1-15H,(H,23,26)(H,24,27). The third-order valence-corrected chi connectivity index (χ3v) is 4.33. The fourth-order valence-electron chi connectivity index (χ4n) is 2.97. The monoisotopic (exact) mass is 355 g/mol. The smallest absolute Gasteiger partial charge is 0.271 e. The summed E-state index contributed by atoms with van der Waals surface area (Å²) in [6.07, 6.45) is 3.72. The van der Waals surface area contributed by atoms with Crippen LogP contribution in [0.15, 0.2) is 91.3 Å². The highest BCUT2D eigenvalue weighted by atomic mass is 16.2. The number of carbonyl (C=O) groups excluding carboxylic acids is 2. The summed E-state index contributed by atoms with van der Waals surface area (Å²) in [5, 5.41) is 2.02. The number of hydrazine groups is 1. The molecule has 0 saturated carbocycles. The van der Waals surface area contributed by atoms with Gasteiger partial charge in [0.2, 0.25) is 0 Å². The zero-order valence-corrected chi connectivity index (χ0v) is 14.4. The van der Waals surface area contributed by atoms with Crippen LogP contribution in [-0.4, -0.2) is 16.4 Å². The van der Waals surface area contributed by atoms with Gasteiger partial charge in [-0.05, 0) is 47.2 Å². The van der Waals surface area contributed by atoms with Crippen LogP contribution in [0.5, 0.6) is 0 Å². The molecule has 132 valence electrons. The van der Waals surface area contributed by atoms with E-state index in [4.69, 9.17) is 0 Å². The Morgan fingerprint density at radius 3 is 2.15 bits per heavy atom. The maximum absolute atomic E-state index is 12.6. The van der Waals surface area contributed by atoms with E-state index in [2.05, 4.69) is 10.9 Å². The topological polar surface area (TPSA) is 63.1 Å². The minimum Gasteiger partial charge on any atom is -0.323 e. The Hall–Kier alpha value is -3.86. The first-order valence-electron chi connectivity index (χ1n) is 8.54. The average Bonchev–Trinajstić information content (AvgIpc) is 3.26. The summed E-state index contributed by atoms with van der Waals surface area (Å²) in [7, 11) is 0. The van der Waals surface area contributed by atoms with Crippen molar-refractivity contribution in [3.05, 3.63) is 102 Å². The Morgan fingerprint density at radius 2 is 1.33 bits per heavy atom. The number of fused-ring (bicyclic) bond motifs is 1. The normalized spacial score (nSPS) is 10.5. The maximum Gasteiger partial charge on any atom is 0.271 e. The molecule has 3 aromatic carbocycles. The van der Waals surface area contributed by atoms with E-state index in [1.807, 2.05) is 71.6 Å². The summed E-state index contributed by atoms with van der Waals surface area (Å²) in [4.78, 5) is 25.0. The molecule has 5 nitrogen and oxygen atoms in total. The SMILES string of the molecule is O=C(NNC(=O)c1ccccc1-n1cccc1)c1ccc2ccccc2c1. The van der Waals surface area contributed by atoms with Crippen LogP contribution in [0.25, 0.3) is 16.5 Å². The molecule has 1 heterocycles. The molecule has 4 aromatic rings. The van der Waals surface area contributed by atoms with Gasteiger partial charge in [0, 0.05) is 18.0 Å². The van der Waals surface area contributed by atoms with E-state index in [-0.39, 0.29) is 11.8 Å². The second-order valence-electron chi connectivity index (χ2n) is 6.08. The average molecular weight is 355 g/mol. The molecule has 5 heteroatoms. The van der Waals surface area contributed by atoms with E-state index < -0.39 is 0 Å². The molecule has 0 aliphatic rings. The Kier molecular flexibility index (Phi) is 4.41. The van der Waals surface area contributed by atoms with Crippen molar-refractivity contribution >= 4 is 22.6 Å². The highest BCUT2D eigenvalue weighted by Crippen LogP contribution is 2.16. The first-order valence-corrected chi connectivity index (χ1v) is 8.54. The van der Waals surface area contributed by atoms with Crippen LogP contribution in [-0.2, 0) is 0 Å². The number of nitrogens with zero attached hydrogens (tertiary/aromatic N) is 1. The molecule has 4 rings (SSSR count). The van der Waals surface area contributed by atoms with Crippen molar-refractivity contribution in [3.8, 4) is 5.69 Å². The summed E-state index contributed by atoms with van der Waals surface area (Å²) >= 11 is 0. The van der Waals surface area contributed by atoms with Gasteiger partial charge in [-0.2, -0.15) is 0 Å². The molecule has 0 unspecified atom stereocenters. The molecule has 1 aromatic heterocycles. The molecule has 0 aliphatic carbocycles. The summed E-state index contributed by atoms with van der Waals surface area (Å²) in [5.74, 6) is -0.749. The van der Waals surface area contributed by atoms with Crippen molar-refractivity contribution in [1.29, 1.82) is 0 Å². The van der Waals surface area contributed by atoms with Gasteiger partial charge in [0.15, 0.2) is 0 Å². The number of amides is 2. The quantitative estimate of drug-likeness (QED) is 0.550. The largest absolute Gasteiger partial charge is 0.323 e. The lowest BCUT2D eigenvalue weighted by atomic mass is 10.1. The minimum atomic E-state index is -0.381. The lowest BCUT2D eigenvalue weighted by Gasteiger charge is -2.12. The molecular weight excluding hydrogens is 338 g/mol. The number of nitrogens with one attached hydrogen (secondary N) is 2. The van der Waals surface area contributed by atoms with Crippen LogP contribution in [0, 0.1) is 0 Å². The van der Waals surface area contributed by atoms with Crippen molar-refractivity contribution in [2.24, 2.45) is 0 Å². The van der Waals surface area contributed by atoms with Gasteiger partial charge in [-0.3, -0.25) is 20.4 Å². The van der Waals surface area contributed by atoms with Gasteiger partial charge in [-0.25, -0.2) is 0 Å². The molecule has 0 aliphatic heterocycles.